The van der Waals surface area contributed by atoms with Gasteiger partial charge in [-0.25, -0.2) is 0 Å². The van der Waals surface area contributed by atoms with Crippen LogP contribution in [-0.2, 0) is 0 Å². The molecule has 2 aliphatic carbocycles. The highest BCUT2D eigenvalue weighted by molar-refractivity contribution is 5.98. The van der Waals surface area contributed by atoms with Crippen molar-refractivity contribution in [3.63, 3.8) is 0 Å². The number of hydrogen-bond donors (Lipinski definition) is 0. The molecule has 2 aliphatic rings. The number of ether oxygens (including phenoxy) is 1. The van der Waals surface area contributed by atoms with E-state index in [2.05, 4.69) is 42.5 Å². The molecule has 2 aromatic carbocycles. The van der Waals surface area contributed by atoms with E-state index in [1.54, 1.807) is 5.57 Å². The first-order valence-corrected chi connectivity index (χ1v) is 7.73. The lowest BCUT2D eigenvalue weighted by atomic mass is 9.89. The molecule has 1 heteroatoms. The van der Waals surface area contributed by atoms with Crippen LogP contribution in [0, 0.1) is 11.8 Å². The highest BCUT2D eigenvalue weighted by atomic mass is 16.5. The first-order chi connectivity index (χ1) is 9.86. The zero-order valence-corrected chi connectivity index (χ0v) is 11.9. The largest absolute Gasteiger partial charge is 0.493 e. The van der Waals surface area contributed by atoms with Gasteiger partial charge in [-0.05, 0) is 60.6 Å². The Kier molecular flexibility index (Phi) is 2.80. The van der Waals surface area contributed by atoms with E-state index in [0.29, 0.717) is 0 Å². The standard InChI is InChI=1S/C19H20O/c1-2-20-19-10-9-16(15-5-3-4-6-17(15)19)18-12-13-7-8-14(18)11-13/h3-6,9-10,12-14H,2,7-8,11H2,1H3. The molecule has 2 atom stereocenters. The second kappa shape index (κ2) is 4.66. The Balaban J connectivity index is 1.89. The maximum atomic E-state index is 5.78. The summed E-state index contributed by atoms with van der Waals surface area (Å²) in [5, 5.41) is 2.59. The Hall–Kier alpha value is -1.76. The van der Waals surface area contributed by atoms with Crippen LogP contribution in [0.5, 0.6) is 5.75 Å². The lowest BCUT2D eigenvalue weighted by molar-refractivity contribution is 0.344. The van der Waals surface area contributed by atoms with Crippen molar-refractivity contribution in [1.29, 1.82) is 0 Å². The van der Waals surface area contributed by atoms with Crippen molar-refractivity contribution in [2.24, 2.45) is 11.8 Å². The second-order valence-electron chi connectivity index (χ2n) is 5.98. The molecule has 0 saturated heterocycles. The number of allylic oxidation sites excluding steroid dienone is 2. The molecule has 102 valence electrons. The molecule has 1 saturated carbocycles. The van der Waals surface area contributed by atoms with E-state index >= 15 is 0 Å². The summed E-state index contributed by atoms with van der Waals surface area (Å²) in [5.74, 6) is 2.64. The predicted molar refractivity (Wildman–Crippen MR) is 83.9 cm³/mol. The van der Waals surface area contributed by atoms with Crippen LogP contribution < -0.4 is 4.74 Å². The molecule has 4 rings (SSSR count). The summed E-state index contributed by atoms with van der Waals surface area (Å²) in [6.07, 6.45) is 6.66. The summed E-state index contributed by atoms with van der Waals surface area (Å²) in [4.78, 5) is 0. The van der Waals surface area contributed by atoms with Crippen LogP contribution >= 0.6 is 0 Å². The Morgan fingerprint density at radius 3 is 2.60 bits per heavy atom. The SMILES string of the molecule is CCOc1ccc(C2=CC3CCC2C3)c2ccccc12. The summed E-state index contributed by atoms with van der Waals surface area (Å²) in [6.45, 7) is 2.76. The molecule has 0 radical (unpaired) electrons. The average molecular weight is 264 g/mol. The number of benzene rings is 2. The van der Waals surface area contributed by atoms with Gasteiger partial charge < -0.3 is 4.74 Å². The van der Waals surface area contributed by atoms with Gasteiger partial charge in [0.25, 0.3) is 0 Å². The molecule has 0 amide bonds. The third-order valence-corrected chi connectivity index (χ3v) is 4.82. The van der Waals surface area contributed by atoms with Gasteiger partial charge in [-0.15, -0.1) is 0 Å². The number of hydrogen-bond acceptors (Lipinski definition) is 1. The summed E-state index contributed by atoms with van der Waals surface area (Å²) in [7, 11) is 0. The van der Waals surface area contributed by atoms with E-state index in [9.17, 15) is 0 Å². The molecule has 2 unspecified atom stereocenters. The molecule has 20 heavy (non-hydrogen) atoms. The highest BCUT2D eigenvalue weighted by Crippen LogP contribution is 2.49. The molecule has 0 heterocycles. The lowest BCUT2D eigenvalue weighted by Crippen LogP contribution is -1.99. The molecular weight excluding hydrogens is 244 g/mol. The van der Waals surface area contributed by atoms with E-state index in [-0.39, 0.29) is 0 Å². The maximum absolute atomic E-state index is 5.78. The Morgan fingerprint density at radius 1 is 1.05 bits per heavy atom. The van der Waals surface area contributed by atoms with Crippen molar-refractivity contribution in [2.45, 2.75) is 26.2 Å². The zero-order chi connectivity index (χ0) is 13.5. The Labute approximate surface area is 120 Å². The van der Waals surface area contributed by atoms with Gasteiger partial charge in [-0.1, -0.05) is 36.4 Å². The summed E-state index contributed by atoms with van der Waals surface area (Å²) >= 11 is 0. The monoisotopic (exact) mass is 264 g/mol. The quantitative estimate of drug-likeness (QED) is 0.753. The smallest absolute Gasteiger partial charge is 0.127 e. The molecule has 2 aromatic rings. The van der Waals surface area contributed by atoms with Gasteiger partial charge >= 0.3 is 0 Å². The molecule has 1 fully saturated rings. The highest BCUT2D eigenvalue weighted by Gasteiger charge is 2.33. The molecule has 0 aliphatic heterocycles. The fraction of sp³-hybridized carbons (Fsp3) is 0.368. The first kappa shape index (κ1) is 12.0. The fourth-order valence-corrected chi connectivity index (χ4v) is 3.95. The maximum Gasteiger partial charge on any atom is 0.127 e. The minimum absolute atomic E-state index is 0.719. The van der Waals surface area contributed by atoms with Crippen molar-refractivity contribution in [3.8, 4) is 5.75 Å². The van der Waals surface area contributed by atoms with Crippen molar-refractivity contribution in [2.75, 3.05) is 6.61 Å². The molecular formula is C19H20O. The molecule has 1 nitrogen and oxygen atoms in total. The average Bonchev–Trinajstić information content (AvgIpc) is 3.11. The van der Waals surface area contributed by atoms with Crippen molar-refractivity contribution in [1.82, 2.24) is 0 Å². The fourth-order valence-electron chi connectivity index (χ4n) is 3.95. The second-order valence-corrected chi connectivity index (χ2v) is 5.98. The minimum atomic E-state index is 0.719. The summed E-state index contributed by atoms with van der Waals surface area (Å²) in [6, 6.07) is 13.1. The third kappa shape index (κ3) is 1.76. The lowest BCUT2D eigenvalue weighted by Gasteiger charge is -2.17. The van der Waals surface area contributed by atoms with Crippen molar-refractivity contribution < 1.29 is 4.74 Å². The summed E-state index contributed by atoms with van der Waals surface area (Å²) in [5.41, 5.74) is 3.01. The van der Waals surface area contributed by atoms with E-state index in [0.717, 1.165) is 24.2 Å². The van der Waals surface area contributed by atoms with Crippen LogP contribution in [-0.4, -0.2) is 6.61 Å². The molecule has 2 bridgehead atoms. The third-order valence-electron chi connectivity index (χ3n) is 4.82. The van der Waals surface area contributed by atoms with E-state index in [1.165, 1.54) is 35.6 Å². The Morgan fingerprint density at radius 2 is 1.90 bits per heavy atom. The minimum Gasteiger partial charge on any atom is -0.493 e. The van der Waals surface area contributed by atoms with Crippen LogP contribution in [0.15, 0.2) is 42.5 Å². The predicted octanol–water partition coefficient (Wildman–Crippen LogP) is 5.05. The van der Waals surface area contributed by atoms with Gasteiger partial charge in [0.1, 0.15) is 5.75 Å². The van der Waals surface area contributed by atoms with E-state index < -0.39 is 0 Å². The van der Waals surface area contributed by atoms with E-state index in [4.69, 9.17) is 4.74 Å². The number of fused-ring (bicyclic) bond motifs is 3. The van der Waals surface area contributed by atoms with Crippen LogP contribution in [0.2, 0.25) is 0 Å². The van der Waals surface area contributed by atoms with Gasteiger partial charge in [0.2, 0.25) is 0 Å². The first-order valence-electron chi connectivity index (χ1n) is 7.73. The number of rotatable bonds is 3. The zero-order valence-electron chi connectivity index (χ0n) is 11.9. The summed E-state index contributed by atoms with van der Waals surface area (Å²) < 4.78 is 5.78. The van der Waals surface area contributed by atoms with Gasteiger partial charge in [-0.3, -0.25) is 0 Å². The van der Waals surface area contributed by atoms with Crippen LogP contribution in [0.1, 0.15) is 31.7 Å². The molecule has 0 N–H and O–H groups in total. The normalized spacial score (nSPS) is 24.1. The van der Waals surface area contributed by atoms with E-state index in [1.807, 2.05) is 6.92 Å². The van der Waals surface area contributed by atoms with Gasteiger partial charge in [0.15, 0.2) is 0 Å². The van der Waals surface area contributed by atoms with Gasteiger partial charge in [0.05, 0.1) is 6.61 Å². The van der Waals surface area contributed by atoms with Gasteiger partial charge in [0, 0.05) is 5.39 Å². The Bertz CT molecular complexity index is 683. The van der Waals surface area contributed by atoms with Crippen LogP contribution in [0.3, 0.4) is 0 Å². The van der Waals surface area contributed by atoms with Gasteiger partial charge in [-0.2, -0.15) is 0 Å². The molecule has 0 spiro atoms. The topological polar surface area (TPSA) is 9.23 Å². The van der Waals surface area contributed by atoms with Crippen LogP contribution in [0.25, 0.3) is 16.3 Å². The molecule has 0 aromatic heterocycles. The van der Waals surface area contributed by atoms with Crippen molar-refractivity contribution in [3.05, 3.63) is 48.0 Å². The van der Waals surface area contributed by atoms with Crippen molar-refractivity contribution >= 4 is 16.3 Å². The van der Waals surface area contributed by atoms with Crippen LogP contribution in [0.4, 0.5) is 0 Å².